The van der Waals surface area contributed by atoms with Gasteiger partial charge in [-0.15, -0.1) is 11.3 Å². The van der Waals surface area contributed by atoms with Gasteiger partial charge in [-0.2, -0.15) is 0 Å². The van der Waals surface area contributed by atoms with E-state index in [4.69, 9.17) is 9.47 Å². The van der Waals surface area contributed by atoms with Gasteiger partial charge in [0.1, 0.15) is 17.8 Å². The van der Waals surface area contributed by atoms with Crippen LogP contribution in [0.2, 0.25) is 0 Å². The Morgan fingerprint density at radius 1 is 1.18 bits per heavy atom. The summed E-state index contributed by atoms with van der Waals surface area (Å²) in [4.78, 5) is 43.2. The normalized spacial score (nSPS) is 17.5. The molecule has 1 aliphatic heterocycles. The number of nitrogens with one attached hydrogen (secondary N) is 2. The second kappa shape index (κ2) is 9.10. The fourth-order valence-corrected chi connectivity index (χ4v) is 4.29. The lowest BCUT2D eigenvalue weighted by Gasteiger charge is -2.22. The Bertz CT molecular complexity index is 1260. The highest BCUT2D eigenvalue weighted by Crippen LogP contribution is 2.31. The van der Waals surface area contributed by atoms with Crippen molar-refractivity contribution in [2.75, 3.05) is 26.1 Å². The molecule has 2 N–H and O–H groups in total. The number of anilines is 1. The van der Waals surface area contributed by atoms with Crippen LogP contribution in [0.3, 0.4) is 0 Å². The molecule has 1 saturated heterocycles. The van der Waals surface area contributed by atoms with Gasteiger partial charge in [0.25, 0.3) is 5.91 Å². The molecule has 0 bridgehead atoms. The van der Waals surface area contributed by atoms with Gasteiger partial charge >= 0.3 is 6.03 Å². The average molecular weight is 485 g/mol. The number of benzene rings is 2. The lowest BCUT2D eigenvalue weighted by molar-refractivity contribution is -0.133. The zero-order valence-corrected chi connectivity index (χ0v) is 19.4. The van der Waals surface area contributed by atoms with Crippen molar-refractivity contribution in [1.29, 1.82) is 0 Å². The van der Waals surface area contributed by atoms with Crippen molar-refractivity contribution in [1.82, 2.24) is 15.2 Å². The lowest BCUT2D eigenvalue weighted by Crippen LogP contribution is -2.42. The molecule has 1 aliphatic rings. The molecule has 0 saturated carbocycles. The third-order valence-electron chi connectivity index (χ3n) is 5.44. The van der Waals surface area contributed by atoms with E-state index in [0.717, 1.165) is 16.2 Å². The first-order valence-corrected chi connectivity index (χ1v) is 11.0. The molecule has 1 unspecified atom stereocenters. The Kier molecular flexibility index (Phi) is 6.20. The summed E-state index contributed by atoms with van der Waals surface area (Å²) in [6.07, 6.45) is 0. The monoisotopic (exact) mass is 484 g/mol. The second-order valence-electron chi connectivity index (χ2n) is 7.61. The zero-order chi connectivity index (χ0) is 24.5. The zero-order valence-electron chi connectivity index (χ0n) is 18.5. The van der Waals surface area contributed by atoms with Crippen molar-refractivity contribution in [3.05, 3.63) is 59.2 Å². The molecule has 1 fully saturated rings. The van der Waals surface area contributed by atoms with E-state index in [0.29, 0.717) is 22.6 Å². The van der Waals surface area contributed by atoms with E-state index in [1.54, 1.807) is 42.6 Å². The SMILES string of the molecule is COc1ccc(C2(C)NC(=O)N(CC(=O)Nc3nc(-c4ccc(OC)c(F)c4)cs3)C2=O)cc1. The molecular formula is C23H21FN4O5S. The summed E-state index contributed by atoms with van der Waals surface area (Å²) < 4.78 is 24.0. The molecule has 11 heteroatoms. The fourth-order valence-electron chi connectivity index (χ4n) is 3.55. The Balaban J connectivity index is 1.43. The maximum atomic E-state index is 14.0. The third-order valence-corrected chi connectivity index (χ3v) is 6.20. The van der Waals surface area contributed by atoms with Gasteiger partial charge < -0.3 is 20.1 Å². The van der Waals surface area contributed by atoms with Crippen molar-refractivity contribution < 1.29 is 28.2 Å². The number of aromatic nitrogens is 1. The van der Waals surface area contributed by atoms with Crippen LogP contribution in [0, 0.1) is 5.82 Å². The summed E-state index contributed by atoms with van der Waals surface area (Å²) >= 11 is 1.14. The molecule has 9 nitrogen and oxygen atoms in total. The van der Waals surface area contributed by atoms with Gasteiger partial charge in [0.2, 0.25) is 5.91 Å². The molecule has 0 aliphatic carbocycles. The van der Waals surface area contributed by atoms with E-state index in [1.807, 2.05) is 0 Å². The highest BCUT2D eigenvalue weighted by atomic mass is 32.1. The number of hydrogen-bond donors (Lipinski definition) is 2. The summed E-state index contributed by atoms with van der Waals surface area (Å²) in [7, 11) is 2.90. The second-order valence-corrected chi connectivity index (χ2v) is 8.47. The van der Waals surface area contributed by atoms with Crippen LogP contribution in [0.15, 0.2) is 47.8 Å². The van der Waals surface area contributed by atoms with Crippen LogP contribution < -0.4 is 20.1 Å². The number of rotatable bonds is 7. The standard InChI is InChI=1S/C23H21FN4O5S/c1-23(14-5-7-15(32-2)8-6-14)20(30)28(22(31)27-23)11-19(29)26-21-25-17(12-34-21)13-4-9-18(33-3)16(24)10-13/h4-10,12H,11H2,1-3H3,(H,27,31)(H,25,26,29). The summed E-state index contributed by atoms with van der Waals surface area (Å²) in [5.74, 6) is -0.948. The van der Waals surface area contributed by atoms with Gasteiger partial charge in [0, 0.05) is 10.9 Å². The number of carbonyl (C=O) groups excluding carboxylic acids is 3. The van der Waals surface area contributed by atoms with Crippen molar-refractivity contribution in [3.63, 3.8) is 0 Å². The molecule has 34 heavy (non-hydrogen) atoms. The minimum Gasteiger partial charge on any atom is -0.497 e. The highest BCUT2D eigenvalue weighted by molar-refractivity contribution is 7.14. The number of ether oxygens (including phenoxy) is 2. The first kappa shape index (κ1) is 23.2. The maximum Gasteiger partial charge on any atom is 0.325 e. The van der Waals surface area contributed by atoms with Crippen LogP contribution in [0.1, 0.15) is 12.5 Å². The number of imide groups is 1. The van der Waals surface area contributed by atoms with E-state index >= 15 is 0 Å². The summed E-state index contributed by atoms with van der Waals surface area (Å²) in [5.41, 5.74) is 0.227. The van der Waals surface area contributed by atoms with Crippen molar-refractivity contribution in [2.24, 2.45) is 0 Å². The van der Waals surface area contributed by atoms with Crippen LogP contribution in [-0.2, 0) is 15.1 Å². The minimum absolute atomic E-state index is 0.114. The number of urea groups is 1. The number of amides is 4. The molecule has 0 spiro atoms. The quantitative estimate of drug-likeness (QED) is 0.498. The number of thiazole rings is 1. The van der Waals surface area contributed by atoms with Crippen molar-refractivity contribution in [2.45, 2.75) is 12.5 Å². The summed E-state index contributed by atoms with van der Waals surface area (Å²) in [6.45, 7) is 1.09. The van der Waals surface area contributed by atoms with Crippen LogP contribution in [-0.4, -0.2) is 48.5 Å². The van der Waals surface area contributed by atoms with Gasteiger partial charge in [-0.25, -0.2) is 14.2 Å². The van der Waals surface area contributed by atoms with E-state index in [9.17, 15) is 18.8 Å². The Labute approximate surface area is 198 Å². The van der Waals surface area contributed by atoms with Crippen LogP contribution >= 0.6 is 11.3 Å². The van der Waals surface area contributed by atoms with Gasteiger partial charge in [-0.1, -0.05) is 12.1 Å². The predicted octanol–water partition coefficient (Wildman–Crippen LogP) is 3.37. The lowest BCUT2D eigenvalue weighted by atomic mass is 9.92. The van der Waals surface area contributed by atoms with E-state index in [-0.39, 0.29) is 10.9 Å². The molecule has 1 atom stereocenters. The van der Waals surface area contributed by atoms with Gasteiger partial charge in [0.15, 0.2) is 16.7 Å². The van der Waals surface area contributed by atoms with Crippen molar-refractivity contribution >= 4 is 34.3 Å². The maximum absolute atomic E-state index is 14.0. The minimum atomic E-state index is -1.31. The first-order chi connectivity index (χ1) is 16.2. The van der Waals surface area contributed by atoms with Crippen LogP contribution in [0.25, 0.3) is 11.3 Å². The molecular weight excluding hydrogens is 463 g/mol. The number of carbonyl (C=O) groups is 3. The molecule has 4 rings (SSSR count). The van der Waals surface area contributed by atoms with E-state index < -0.39 is 35.7 Å². The largest absolute Gasteiger partial charge is 0.497 e. The summed E-state index contributed by atoms with van der Waals surface area (Å²) in [5, 5.41) is 7.14. The smallest absolute Gasteiger partial charge is 0.325 e. The highest BCUT2D eigenvalue weighted by Gasteiger charge is 2.49. The van der Waals surface area contributed by atoms with Gasteiger partial charge in [-0.3, -0.25) is 14.5 Å². The first-order valence-electron chi connectivity index (χ1n) is 10.1. The van der Waals surface area contributed by atoms with E-state index in [2.05, 4.69) is 15.6 Å². The number of halogens is 1. The summed E-state index contributed by atoms with van der Waals surface area (Å²) in [6, 6.07) is 10.5. The molecule has 176 valence electrons. The average Bonchev–Trinajstić information content (AvgIpc) is 3.37. The molecule has 0 radical (unpaired) electrons. The molecule has 2 heterocycles. The third kappa shape index (κ3) is 4.29. The topological polar surface area (TPSA) is 110 Å². The van der Waals surface area contributed by atoms with Gasteiger partial charge in [0.05, 0.1) is 19.9 Å². The molecule has 2 aromatic carbocycles. The fraction of sp³-hybridized carbons (Fsp3) is 0.217. The number of methoxy groups -OCH3 is 2. The van der Waals surface area contributed by atoms with E-state index in [1.165, 1.54) is 26.4 Å². The Hall–Kier alpha value is -3.99. The predicted molar refractivity (Wildman–Crippen MR) is 123 cm³/mol. The van der Waals surface area contributed by atoms with Crippen LogP contribution in [0.4, 0.5) is 14.3 Å². The molecule has 3 aromatic rings. The molecule has 4 amide bonds. The Morgan fingerprint density at radius 3 is 2.56 bits per heavy atom. The number of nitrogens with zero attached hydrogens (tertiary/aromatic N) is 2. The molecule has 1 aromatic heterocycles. The Morgan fingerprint density at radius 2 is 1.91 bits per heavy atom. The van der Waals surface area contributed by atoms with Crippen LogP contribution in [0.5, 0.6) is 11.5 Å². The van der Waals surface area contributed by atoms with Gasteiger partial charge in [-0.05, 0) is 42.8 Å². The number of hydrogen-bond acceptors (Lipinski definition) is 7. The van der Waals surface area contributed by atoms with Crippen molar-refractivity contribution in [3.8, 4) is 22.8 Å².